The number of amidine groups is 2. The molecule has 2 aliphatic rings. The fourth-order valence-corrected chi connectivity index (χ4v) is 10.0. The third-order valence-corrected chi connectivity index (χ3v) is 12.9. The Kier molecular flexibility index (Phi) is 8.43. The standard InChI is InChI=1S/C39H24N8O6S4/c1-18-16-52-30-24(18)10-20(12-26(30)32-42-44-38(56-32)46-34(48)28(54-36(46)40)14-22-5-3-7-50-22)9-21-11-25-19(2)17-53-31(25)27(13-21)33-43-45-39(57-33)47-35(49)29(55-37(47)41)15-23-6-4-8-51-23/h3-8,10-17,40-41H,9H2,1-2H3/b28-14-,29-15-,40-36?,41-37?. The van der Waals surface area contributed by atoms with Crippen LogP contribution in [0.1, 0.15) is 33.8 Å². The molecular formula is C39H24N8O6S4. The Labute approximate surface area is 337 Å². The van der Waals surface area contributed by atoms with Crippen LogP contribution in [0.3, 0.4) is 0 Å². The average Bonchev–Trinajstić information content (AvgIpc) is 4.04. The number of thioether (sulfide) groups is 2. The van der Waals surface area contributed by atoms with Crippen molar-refractivity contribution < 1.29 is 27.3 Å². The number of benzene rings is 2. The van der Waals surface area contributed by atoms with Crippen LogP contribution in [0.4, 0.5) is 10.3 Å². The molecule has 10 rings (SSSR count). The van der Waals surface area contributed by atoms with E-state index in [1.807, 2.05) is 26.0 Å². The number of nitrogens with one attached hydrogen (secondary N) is 2. The van der Waals surface area contributed by atoms with Gasteiger partial charge in [-0.05, 0) is 115 Å². The highest BCUT2D eigenvalue weighted by atomic mass is 32.2. The molecule has 2 aromatic carbocycles. The van der Waals surface area contributed by atoms with E-state index in [1.54, 1.807) is 48.9 Å². The lowest BCUT2D eigenvalue weighted by molar-refractivity contribution is -0.114. The minimum Gasteiger partial charge on any atom is -0.465 e. The van der Waals surface area contributed by atoms with Gasteiger partial charge in [-0.1, -0.05) is 22.7 Å². The molecular weight excluding hydrogens is 805 g/mol. The van der Waals surface area contributed by atoms with Gasteiger partial charge in [0.1, 0.15) is 22.7 Å². The molecule has 0 unspecified atom stereocenters. The van der Waals surface area contributed by atoms with Crippen molar-refractivity contribution in [2.24, 2.45) is 0 Å². The highest BCUT2D eigenvalue weighted by Crippen LogP contribution is 2.43. The molecule has 8 heterocycles. The summed E-state index contributed by atoms with van der Waals surface area (Å²) in [5.74, 6) is 0.272. The van der Waals surface area contributed by atoms with E-state index in [-0.39, 0.29) is 32.4 Å². The topological polar surface area (TPSA) is 192 Å². The minimum absolute atomic E-state index is 0.0207. The van der Waals surface area contributed by atoms with Gasteiger partial charge >= 0.3 is 0 Å². The van der Waals surface area contributed by atoms with Gasteiger partial charge < -0.3 is 17.7 Å². The number of nitrogens with zero attached hydrogens (tertiary/aromatic N) is 6. The summed E-state index contributed by atoms with van der Waals surface area (Å²) in [7, 11) is 0. The molecule has 0 aliphatic carbocycles. The van der Waals surface area contributed by atoms with E-state index in [9.17, 15) is 9.59 Å². The fourth-order valence-electron chi connectivity index (χ4n) is 6.55. The molecule has 2 saturated heterocycles. The Morgan fingerprint density at radius 3 is 1.53 bits per heavy atom. The van der Waals surface area contributed by atoms with Gasteiger partial charge in [0.05, 0.1) is 46.0 Å². The Hall–Kier alpha value is -6.34. The zero-order chi connectivity index (χ0) is 38.9. The van der Waals surface area contributed by atoms with Crippen LogP contribution in [0.5, 0.6) is 0 Å². The number of carbonyl (C=O) groups excluding carboxylic acids is 2. The summed E-state index contributed by atoms with van der Waals surface area (Å²) in [6.07, 6.45) is 10.2. The highest BCUT2D eigenvalue weighted by Gasteiger charge is 2.38. The smallest absolute Gasteiger partial charge is 0.273 e. The van der Waals surface area contributed by atoms with Crippen LogP contribution in [0.25, 0.3) is 55.2 Å². The lowest BCUT2D eigenvalue weighted by atomic mass is 9.97. The maximum atomic E-state index is 13.4. The van der Waals surface area contributed by atoms with Crippen molar-refractivity contribution in [1.29, 1.82) is 10.8 Å². The molecule has 18 heteroatoms. The summed E-state index contributed by atoms with van der Waals surface area (Å²) in [5, 5.41) is 38.2. The maximum absolute atomic E-state index is 13.4. The number of anilines is 2. The number of aromatic nitrogens is 4. The van der Waals surface area contributed by atoms with Crippen LogP contribution >= 0.6 is 46.2 Å². The number of rotatable bonds is 8. The summed E-state index contributed by atoms with van der Waals surface area (Å²) in [4.78, 5) is 29.9. The van der Waals surface area contributed by atoms with Crippen molar-refractivity contribution in [3.63, 3.8) is 0 Å². The molecule has 14 nitrogen and oxygen atoms in total. The van der Waals surface area contributed by atoms with Gasteiger partial charge in [0.25, 0.3) is 11.8 Å². The number of hydrogen-bond acceptors (Lipinski definition) is 16. The maximum Gasteiger partial charge on any atom is 0.273 e. The van der Waals surface area contributed by atoms with Gasteiger partial charge in [-0.3, -0.25) is 20.4 Å². The summed E-state index contributed by atoms with van der Waals surface area (Å²) in [6, 6.07) is 15.1. The predicted molar refractivity (Wildman–Crippen MR) is 221 cm³/mol. The SMILES string of the molecule is Cc1coc2c(-c3nnc(N4C(=N)S/C(=C\c5ccco5)C4=O)s3)cc(Cc3cc(-c4nnc(N5C(=N)S/C(=C\c6ccco6)C5=O)s4)c4occ(C)c4c3)cc12. The summed E-state index contributed by atoms with van der Waals surface area (Å²) in [5.41, 5.74) is 6.53. The fraction of sp³-hybridized carbons (Fsp3) is 0.0769. The largest absolute Gasteiger partial charge is 0.465 e. The number of carbonyl (C=O) groups is 2. The highest BCUT2D eigenvalue weighted by molar-refractivity contribution is 8.19. The van der Waals surface area contributed by atoms with Gasteiger partial charge in [-0.15, -0.1) is 20.4 Å². The Bertz CT molecular complexity index is 2820. The molecule has 0 atom stereocenters. The van der Waals surface area contributed by atoms with Crippen LogP contribution in [-0.4, -0.2) is 42.5 Å². The van der Waals surface area contributed by atoms with Crippen molar-refractivity contribution >= 4 is 113 Å². The van der Waals surface area contributed by atoms with Crippen molar-refractivity contribution in [2.75, 3.05) is 9.80 Å². The number of aryl methyl sites for hydroxylation is 2. The van der Waals surface area contributed by atoms with Gasteiger partial charge in [0.15, 0.2) is 20.4 Å². The van der Waals surface area contributed by atoms with E-state index in [0.29, 0.717) is 60.1 Å². The van der Waals surface area contributed by atoms with Crippen LogP contribution < -0.4 is 9.80 Å². The minimum atomic E-state index is -0.379. The first-order valence-corrected chi connectivity index (χ1v) is 20.4. The normalized spacial score (nSPS) is 16.3. The Morgan fingerprint density at radius 1 is 0.649 bits per heavy atom. The lowest BCUT2D eigenvalue weighted by Crippen LogP contribution is -2.27. The number of hydrogen-bond donors (Lipinski definition) is 2. The molecule has 280 valence electrons. The molecule has 2 aliphatic heterocycles. The number of amides is 2. The molecule has 2 fully saturated rings. The lowest BCUT2D eigenvalue weighted by Gasteiger charge is -2.09. The van der Waals surface area contributed by atoms with Gasteiger partial charge in [-0.25, -0.2) is 9.80 Å². The molecule has 8 aromatic rings. The van der Waals surface area contributed by atoms with Gasteiger partial charge in [0, 0.05) is 22.9 Å². The quantitative estimate of drug-likeness (QED) is 0.138. The molecule has 2 N–H and O–H groups in total. The first-order valence-electron chi connectivity index (χ1n) is 17.1. The zero-order valence-electron chi connectivity index (χ0n) is 29.6. The van der Waals surface area contributed by atoms with Gasteiger partial charge in [-0.2, -0.15) is 0 Å². The molecule has 6 aromatic heterocycles. The first-order chi connectivity index (χ1) is 27.7. The first kappa shape index (κ1) is 35.1. The molecule has 2 amide bonds. The van der Waals surface area contributed by atoms with E-state index in [4.69, 9.17) is 28.5 Å². The Morgan fingerprint density at radius 2 is 1.11 bits per heavy atom. The van der Waals surface area contributed by atoms with E-state index < -0.39 is 0 Å². The second-order valence-corrected chi connectivity index (χ2v) is 17.0. The van der Waals surface area contributed by atoms with Crippen LogP contribution in [0.2, 0.25) is 0 Å². The van der Waals surface area contributed by atoms with Crippen molar-refractivity contribution in [3.05, 3.63) is 117 Å². The summed E-state index contributed by atoms with van der Waals surface area (Å²) in [6.45, 7) is 3.95. The number of fused-ring (bicyclic) bond motifs is 2. The second-order valence-electron chi connectivity index (χ2n) is 13.0. The molecule has 57 heavy (non-hydrogen) atoms. The molecule has 0 bridgehead atoms. The molecule has 0 spiro atoms. The summed E-state index contributed by atoms with van der Waals surface area (Å²) < 4.78 is 22.8. The van der Waals surface area contributed by atoms with Crippen LogP contribution in [0.15, 0.2) is 101 Å². The van der Waals surface area contributed by atoms with E-state index in [0.717, 1.165) is 56.6 Å². The van der Waals surface area contributed by atoms with Gasteiger partial charge in [0.2, 0.25) is 10.3 Å². The molecule has 0 radical (unpaired) electrons. The monoisotopic (exact) mass is 828 g/mol. The third-order valence-electron chi connectivity index (χ3n) is 9.21. The van der Waals surface area contributed by atoms with E-state index in [2.05, 4.69) is 32.5 Å². The third kappa shape index (κ3) is 6.13. The average molecular weight is 829 g/mol. The van der Waals surface area contributed by atoms with E-state index in [1.165, 1.54) is 45.0 Å². The van der Waals surface area contributed by atoms with Crippen molar-refractivity contribution in [1.82, 2.24) is 20.4 Å². The second kappa shape index (κ2) is 13.7. The molecule has 0 saturated carbocycles. The van der Waals surface area contributed by atoms with Crippen molar-refractivity contribution in [3.8, 4) is 21.1 Å². The Balaban J connectivity index is 0.979. The van der Waals surface area contributed by atoms with Crippen molar-refractivity contribution in [2.45, 2.75) is 20.3 Å². The van der Waals surface area contributed by atoms with E-state index >= 15 is 0 Å². The predicted octanol–water partition coefficient (Wildman–Crippen LogP) is 9.72. The summed E-state index contributed by atoms with van der Waals surface area (Å²) >= 11 is 4.46. The van der Waals surface area contributed by atoms with Crippen LogP contribution in [0, 0.1) is 24.7 Å². The number of furan rings is 4. The zero-order valence-corrected chi connectivity index (χ0v) is 32.8. The van der Waals surface area contributed by atoms with Crippen LogP contribution in [-0.2, 0) is 16.0 Å².